The molecule has 1 aromatic carbocycles. The molecule has 5 aromatic heterocycles. The number of hydrogen-bond donors (Lipinski definition) is 2. The van der Waals surface area contributed by atoms with Crippen LogP contribution in [0.3, 0.4) is 0 Å². The first-order chi connectivity index (χ1) is 13.2. The van der Waals surface area contributed by atoms with Crippen molar-refractivity contribution in [3.05, 3.63) is 78.0 Å². The lowest BCUT2D eigenvalue weighted by molar-refractivity contribution is 0.936. The summed E-state index contributed by atoms with van der Waals surface area (Å²) in [7, 11) is 0. The Kier molecular flexibility index (Phi) is 2.65. The Labute approximate surface area is 154 Å². The van der Waals surface area contributed by atoms with E-state index >= 15 is 0 Å². The molecule has 5 heterocycles. The maximum absolute atomic E-state index is 6.43. The van der Waals surface area contributed by atoms with Gasteiger partial charge in [-0.05, 0) is 36.8 Å². The number of pyridine rings is 1. The maximum atomic E-state index is 6.43. The van der Waals surface area contributed by atoms with E-state index in [1.54, 1.807) is 4.68 Å². The third-order valence-corrected chi connectivity index (χ3v) is 5.52. The van der Waals surface area contributed by atoms with Crippen LogP contribution < -0.4 is 5.84 Å². The van der Waals surface area contributed by atoms with Gasteiger partial charge < -0.3 is 15.2 Å². The van der Waals surface area contributed by atoms with Gasteiger partial charge in [-0.15, -0.1) is 0 Å². The summed E-state index contributed by atoms with van der Waals surface area (Å²) in [6.45, 7) is 2.11. The number of nitrogens with two attached hydrogens (primary N) is 1. The molecule has 6 nitrogen and oxygen atoms in total. The lowest BCUT2D eigenvalue weighted by Crippen LogP contribution is -2.12. The number of nitrogens with zero attached hydrogens (tertiary/aromatic N) is 4. The van der Waals surface area contributed by atoms with Crippen molar-refractivity contribution in [3.8, 4) is 0 Å². The van der Waals surface area contributed by atoms with E-state index in [1.165, 1.54) is 27.7 Å². The van der Waals surface area contributed by atoms with Crippen molar-refractivity contribution in [1.29, 1.82) is 0 Å². The van der Waals surface area contributed by atoms with Crippen molar-refractivity contribution in [2.45, 2.75) is 13.3 Å². The normalized spacial score (nSPS) is 12.2. The summed E-state index contributed by atoms with van der Waals surface area (Å²) in [5, 5.41) is 1.24. The first kappa shape index (κ1) is 14.5. The molecule has 0 unspecified atom stereocenters. The minimum Gasteiger partial charge on any atom is -0.363 e. The molecule has 6 heteroatoms. The zero-order chi connectivity index (χ0) is 18.1. The summed E-state index contributed by atoms with van der Waals surface area (Å²) >= 11 is 0. The predicted molar refractivity (Wildman–Crippen MR) is 108 cm³/mol. The van der Waals surface area contributed by atoms with E-state index in [4.69, 9.17) is 5.84 Å². The molecule has 0 saturated heterocycles. The highest BCUT2D eigenvalue weighted by atomic mass is 15.4. The number of aromatic nitrogens is 5. The van der Waals surface area contributed by atoms with E-state index < -0.39 is 0 Å². The fourth-order valence-electron chi connectivity index (χ4n) is 4.25. The minimum absolute atomic E-state index is 0.739. The molecule has 132 valence electrons. The summed E-state index contributed by atoms with van der Waals surface area (Å²) in [6, 6.07) is 14.4. The molecular formula is C21H18N6. The molecule has 0 aliphatic rings. The zero-order valence-electron chi connectivity index (χ0n) is 14.8. The summed E-state index contributed by atoms with van der Waals surface area (Å²) in [5.41, 5.74) is 7.93. The number of hydrogen-bond acceptors (Lipinski definition) is 2. The number of para-hydroxylation sites is 2. The number of aryl methyl sites for hydroxylation is 1. The molecule has 0 fully saturated rings. The van der Waals surface area contributed by atoms with Crippen molar-refractivity contribution in [3.63, 3.8) is 0 Å². The van der Waals surface area contributed by atoms with Crippen LogP contribution >= 0.6 is 0 Å². The third kappa shape index (κ3) is 1.81. The number of imidazole rings is 2. The molecule has 0 aliphatic carbocycles. The quantitative estimate of drug-likeness (QED) is 0.466. The van der Waals surface area contributed by atoms with Crippen molar-refractivity contribution in [2.24, 2.45) is 0 Å². The van der Waals surface area contributed by atoms with E-state index in [2.05, 4.69) is 68.5 Å². The monoisotopic (exact) mass is 354 g/mol. The SMILES string of the molecule is Cc1[nH]cc2c(Cc3cn4c5ccccc5nc4n3N)c3ccccn3c12. The van der Waals surface area contributed by atoms with E-state index in [1.807, 2.05) is 18.2 Å². The Morgan fingerprint density at radius 2 is 1.85 bits per heavy atom. The van der Waals surface area contributed by atoms with Gasteiger partial charge in [-0.3, -0.25) is 4.40 Å². The molecular weight excluding hydrogens is 336 g/mol. The molecule has 0 radical (unpaired) electrons. The van der Waals surface area contributed by atoms with Crippen molar-refractivity contribution in [2.75, 3.05) is 5.84 Å². The number of H-pyrrole nitrogens is 1. The number of nitrogens with one attached hydrogen (secondary N) is 1. The van der Waals surface area contributed by atoms with Crippen LogP contribution in [0.25, 0.3) is 33.2 Å². The number of aromatic amines is 1. The highest BCUT2D eigenvalue weighted by Crippen LogP contribution is 2.31. The van der Waals surface area contributed by atoms with Crippen molar-refractivity contribution in [1.82, 2.24) is 23.4 Å². The molecule has 0 aliphatic heterocycles. The number of fused-ring (bicyclic) bond motifs is 6. The molecule has 0 atom stereocenters. The zero-order valence-corrected chi connectivity index (χ0v) is 14.8. The lowest BCUT2D eigenvalue weighted by atomic mass is 10.1. The van der Waals surface area contributed by atoms with Gasteiger partial charge in [-0.2, -0.15) is 0 Å². The van der Waals surface area contributed by atoms with E-state index in [9.17, 15) is 0 Å². The number of benzene rings is 1. The van der Waals surface area contributed by atoms with Crippen LogP contribution in [0.4, 0.5) is 0 Å². The molecule has 0 spiro atoms. The van der Waals surface area contributed by atoms with E-state index in [-0.39, 0.29) is 0 Å². The van der Waals surface area contributed by atoms with Crippen LogP contribution in [0, 0.1) is 6.92 Å². The van der Waals surface area contributed by atoms with Crippen LogP contribution in [0.15, 0.2) is 61.1 Å². The van der Waals surface area contributed by atoms with Gasteiger partial charge in [-0.25, -0.2) is 9.66 Å². The average Bonchev–Trinajstić information content (AvgIpc) is 3.40. The third-order valence-electron chi connectivity index (χ3n) is 5.52. The fourth-order valence-corrected chi connectivity index (χ4v) is 4.25. The molecule has 3 N–H and O–H groups in total. The standard InChI is InChI=1S/C21H18N6/c1-13-20-16(11-23-13)15(18-7-4-5-9-25(18)20)10-14-12-26-19-8-3-2-6-17(19)24-21(26)27(14)22/h2-9,11-12,23H,10,22H2,1H3. The summed E-state index contributed by atoms with van der Waals surface area (Å²) < 4.78 is 6.03. The molecule has 27 heavy (non-hydrogen) atoms. The van der Waals surface area contributed by atoms with Crippen molar-refractivity contribution < 1.29 is 0 Å². The Morgan fingerprint density at radius 3 is 2.78 bits per heavy atom. The highest BCUT2D eigenvalue weighted by Gasteiger charge is 2.18. The fraction of sp³-hybridized carbons (Fsp3) is 0.0952. The second kappa shape index (κ2) is 4.94. The Morgan fingerprint density at radius 1 is 1.04 bits per heavy atom. The van der Waals surface area contributed by atoms with Crippen LogP contribution in [0.1, 0.15) is 17.0 Å². The van der Waals surface area contributed by atoms with Crippen LogP contribution in [-0.4, -0.2) is 23.4 Å². The molecule has 0 amide bonds. The molecule has 6 aromatic rings. The van der Waals surface area contributed by atoms with E-state index in [0.29, 0.717) is 0 Å². The second-order valence-corrected chi connectivity index (χ2v) is 7.05. The Bertz CT molecular complexity index is 1470. The Balaban J connectivity index is 1.60. The van der Waals surface area contributed by atoms with Gasteiger partial charge >= 0.3 is 0 Å². The van der Waals surface area contributed by atoms with Gasteiger partial charge in [0.15, 0.2) is 0 Å². The predicted octanol–water partition coefficient (Wildman–Crippen LogP) is 3.64. The largest absolute Gasteiger partial charge is 0.363 e. The lowest BCUT2D eigenvalue weighted by Gasteiger charge is -2.03. The topological polar surface area (TPSA) is 68.5 Å². The minimum atomic E-state index is 0.739. The van der Waals surface area contributed by atoms with Gasteiger partial charge in [0.25, 0.3) is 0 Å². The Hall–Kier alpha value is -3.67. The van der Waals surface area contributed by atoms with Crippen LogP contribution in [0.2, 0.25) is 0 Å². The summed E-state index contributed by atoms with van der Waals surface area (Å²) in [5.74, 6) is 7.19. The van der Waals surface area contributed by atoms with Crippen molar-refractivity contribution >= 4 is 33.2 Å². The second-order valence-electron chi connectivity index (χ2n) is 7.05. The van der Waals surface area contributed by atoms with Gasteiger partial charge in [0.05, 0.1) is 22.2 Å². The van der Waals surface area contributed by atoms with Crippen LogP contribution in [-0.2, 0) is 6.42 Å². The molecule has 6 rings (SSSR count). The van der Waals surface area contributed by atoms with Crippen LogP contribution in [0.5, 0.6) is 0 Å². The summed E-state index contributed by atoms with van der Waals surface area (Å²) in [4.78, 5) is 8.04. The average molecular weight is 354 g/mol. The van der Waals surface area contributed by atoms with Gasteiger partial charge in [0, 0.05) is 41.6 Å². The van der Waals surface area contributed by atoms with Gasteiger partial charge in [-0.1, -0.05) is 18.2 Å². The summed E-state index contributed by atoms with van der Waals surface area (Å²) in [6.07, 6.45) is 7.05. The first-order valence-electron chi connectivity index (χ1n) is 9.00. The highest BCUT2D eigenvalue weighted by molar-refractivity contribution is 5.94. The van der Waals surface area contributed by atoms with Gasteiger partial charge in [0.2, 0.25) is 5.78 Å². The van der Waals surface area contributed by atoms with Gasteiger partial charge in [0.1, 0.15) is 0 Å². The number of nitrogen functional groups attached to an aromatic ring is 1. The molecule has 0 bridgehead atoms. The first-order valence-corrected chi connectivity index (χ1v) is 9.00. The molecule has 0 saturated carbocycles. The maximum Gasteiger partial charge on any atom is 0.234 e. The smallest absolute Gasteiger partial charge is 0.234 e. The van der Waals surface area contributed by atoms with E-state index in [0.717, 1.165) is 28.9 Å². The number of rotatable bonds is 2.